The Morgan fingerprint density at radius 3 is 2.20 bits per heavy atom. The molecule has 1 heterocycles. The highest BCUT2D eigenvalue weighted by molar-refractivity contribution is 7.90. The van der Waals surface area contributed by atoms with E-state index in [-0.39, 0.29) is 17.2 Å². The fourth-order valence-corrected chi connectivity index (χ4v) is 5.73. The number of benzene rings is 2. The highest BCUT2D eigenvalue weighted by Gasteiger charge is 2.29. The number of carbonyl (C=O) groups is 3. The fraction of sp³-hybridized carbons (Fsp3) is 0.433. The molecule has 0 fully saturated rings. The number of para-hydroxylation sites is 1. The Morgan fingerprint density at radius 2 is 1.61 bits per heavy atom. The molecule has 0 aliphatic heterocycles. The molecule has 2 aromatic carbocycles. The Labute approximate surface area is 241 Å². The van der Waals surface area contributed by atoms with Crippen molar-refractivity contribution in [3.05, 3.63) is 65.9 Å². The van der Waals surface area contributed by atoms with Gasteiger partial charge in [-0.25, -0.2) is 17.2 Å². The van der Waals surface area contributed by atoms with Crippen molar-refractivity contribution in [2.24, 2.45) is 5.92 Å². The third-order valence-corrected chi connectivity index (χ3v) is 7.76. The zero-order valence-electron chi connectivity index (χ0n) is 24.6. The third kappa shape index (κ3) is 8.56. The van der Waals surface area contributed by atoms with Gasteiger partial charge in [-0.2, -0.15) is 0 Å². The van der Waals surface area contributed by atoms with Crippen LogP contribution in [0.25, 0.3) is 10.9 Å². The summed E-state index contributed by atoms with van der Waals surface area (Å²) in [5.74, 6) is -1.14. The lowest BCUT2D eigenvalue weighted by atomic mass is 10.0. The zero-order valence-corrected chi connectivity index (χ0v) is 25.4. The van der Waals surface area contributed by atoms with Crippen molar-refractivity contribution in [3.8, 4) is 0 Å². The van der Waals surface area contributed by atoms with Crippen LogP contribution in [-0.2, 0) is 35.5 Å². The summed E-state index contributed by atoms with van der Waals surface area (Å²) in [6, 6.07) is 12.6. The first-order valence-electron chi connectivity index (χ1n) is 13.4. The maximum atomic E-state index is 13.6. The number of aromatic nitrogens is 1. The minimum Gasteiger partial charge on any atom is -0.444 e. The number of nitrogens with one attached hydrogen (secondary N) is 2. The summed E-state index contributed by atoms with van der Waals surface area (Å²) in [4.78, 5) is 37.9. The summed E-state index contributed by atoms with van der Waals surface area (Å²) in [5.41, 5.74) is 1.17. The largest absolute Gasteiger partial charge is 0.444 e. The number of carbonyl (C=O) groups excluding carboxylic acids is 3. The van der Waals surface area contributed by atoms with E-state index in [1.807, 2.05) is 20.8 Å². The maximum absolute atomic E-state index is 13.6. The molecule has 2 N–H and O–H groups in total. The van der Waals surface area contributed by atoms with Gasteiger partial charge in [-0.1, -0.05) is 49.7 Å². The van der Waals surface area contributed by atoms with Gasteiger partial charge in [0.25, 0.3) is 10.0 Å². The molecule has 3 aromatic rings. The second kappa shape index (κ2) is 12.8. The second-order valence-electron chi connectivity index (χ2n) is 11.4. The molecule has 0 bridgehead atoms. The number of ether oxygens (including phenoxy) is 2. The summed E-state index contributed by atoms with van der Waals surface area (Å²) < 4.78 is 39.1. The first-order valence-corrected chi connectivity index (χ1v) is 14.9. The first kappa shape index (κ1) is 31.7. The summed E-state index contributed by atoms with van der Waals surface area (Å²) in [5, 5.41) is 5.94. The SMILES string of the molecule is CC(=O)O[C@H](Cc1cn(S(=O)(=O)c2ccc(C)cc2)c2ccccc12)NC(=O)[C@H](CC(C)C)NC(=O)OC(C)(C)C. The second-order valence-corrected chi connectivity index (χ2v) is 13.2. The molecule has 1 aromatic heterocycles. The molecule has 0 aliphatic carbocycles. The molecular formula is C30H39N3O7S. The average Bonchev–Trinajstić information content (AvgIpc) is 3.21. The Kier molecular flexibility index (Phi) is 9.85. The molecular weight excluding hydrogens is 546 g/mol. The number of rotatable bonds is 10. The van der Waals surface area contributed by atoms with Gasteiger partial charge < -0.3 is 20.1 Å². The van der Waals surface area contributed by atoms with E-state index in [4.69, 9.17) is 9.47 Å². The molecule has 11 heteroatoms. The van der Waals surface area contributed by atoms with Gasteiger partial charge in [0.05, 0.1) is 10.4 Å². The number of alkyl carbamates (subject to hydrolysis) is 1. The standard InChI is InChI=1S/C30H39N3O7S/c1-19(2)16-25(31-29(36)40-30(5,6)7)28(35)32-27(39-21(4)34)17-22-18-33(26-11-9-8-10-24(22)26)41(37,38)23-14-12-20(3)13-15-23/h8-15,18-19,25,27H,16-17H2,1-7H3,(H,31,36)(H,32,35)/t25-,27+/m0/s1. The molecule has 0 saturated heterocycles. The van der Waals surface area contributed by atoms with Crippen LogP contribution in [0.1, 0.15) is 59.1 Å². The minimum absolute atomic E-state index is 0.0108. The molecule has 0 spiro atoms. The van der Waals surface area contributed by atoms with E-state index in [0.29, 0.717) is 22.9 Å². The quantitative estimate of drug-likeness (QED) is 0.261. The lowest BCUT2D eigenvalue weighted by Gasteiger charge is -2.26. The van der Waals surface area contributed by atoms with E-state index < -0.39 is 45.9 Å². The molecule has 10 nitrogen and oxygen atoms in total. The predicted molar refractivity (Wildman–Crippen MR) is 156 cm³/mol. The fourth-order valence-electron chi connectivity index (χ4n) is 4.34. The van der Waals surface area contributed by atoms with Crippen molar-refractivity contribution >= 4 is 38.9 Å². The van der Waals surface area contributed by atoms with Crippen LogP contribution in [0.5, 0.6) is 0 Å². The van der Waals surface area contributed by atoms with E-state index in [1.54, 1.807) is 69.3 Å². The summed E-state index contributed by atoms with van der Waals surface area (Å²) in [7, 11) is -3.94. The van der Waals surface area contributed by atoms with Crippen molar-refractivity contribution in [2.45, 2.75) is 84.1 Å². The van der Waals surface area contributed by atoms with Crippen LogP contribution in [0.15, 0.2) is 59.6 Å². The number of fused-ring (bicyclic) bond motifs is 1. The van der Waals surface area contributed by atoms with Gasteiger partial charge in [-0.15, -0.1) is 0 Å². The minimum atomic E-state index is -3.94. The monoisotopic (exact) mass is 585 g/mol. The highest BCUT2D eigenvalue weighted by Crippen LogP contribution is 2.27. The highest BCUT2D eigenvalue weighted by atomic mass is 32.2. The van der Waals surface area contributed by atoms with Crippen LogP contribution >= 0.6 is 0 Å². The number of hydrogen-bond acceptors (Lipinski definition) is 7. The van der Waals surface area contributed by atoms with Gasteiger partial charge in [0.1, 0.15) is 11.6 Å². The summed E-state index contributed by atoms with van der Waals surface area (Å²) >= 11 is 0. The van der Waals surface area contributed by atoms with E-state index in [2.05, 4.69) is 10.6 Å². The first-order chi connectivity index (χ1) is 19.1. The van der Waals surface area contributed by atoms with E-state index >= 15 is 0 Å². The summed E-state index contributed by atoms with van der Waals surface area (Å²) in [6.45, 7) is 12.1. The van der Waals surface area contributed by atoms with Crippen molar-refractivity contribution in [3.63, 3.8) is 0 Å². The molecule has 0 aliphatic rings. The number of hydrogen-bond donors (Lipinski definition) is 2. The van der Waals surface area contributed by atoms with Gasteiger partial charge in [-0.05, 0) is 63.8 Å². The molecule has 2 atom stereocenters. The Balaban J connectivity index is 1.93. The zero-order chi connectivity index (χ0) is 30.5. The number of aryl methyl sites for hydroxylation is 1. The Hall–Kier alpha value is -3.86. The summed E-state index contributed by atoms with van der Waals surface area (Å²) in [6.07, 6.45) is -0.0922. The van der Waals surface area contributed by atoms with Crippen LogP contribution in [0.2, 0.25) is 0 Å². The van der Waals surface area contributed by atoms with Gasteiger partial charge in [0, 0.05) is 24.9 Å². The molecule has 0 unspecified atom stereocenters. The molecule has 222 valence electrons. The smallest absolute Gasteiger partial charge is 0.408 e. The average molecular weight is 586 g/mol. The molecule has 3 rings (SSSR count). The van der Waals surface area contributed by atoms with Crippen LogP contribution in [0, 0.1) is 12.8 Å². The predicted octanol–water partition coefficient (Wildman–Crippen LogP) is 4.67. The van der Waals surface area contributed by atoms with Crippen LogP contribution in [0.4, 0.5) is 4.79 Å². The van der Waals surface area contributed by atoms with Gasteiger partial charge in [0.15, 0.2) is 6.23 Å². The number of nitrogens with zero attached hydrogens (tertiary/aromatic N) is 1. The topological polar surface area (TPSA) is 133 Å². The molecule has 2 amide bonds. The number of esters is 1. The Bertz CT molecular complexity index is 1500. The van der Waals surface area contributed by atoms with E-state index in [9.17, 15) is 22.8 Å². The van der Waals surface area contributed by atoms with Gasteiger partial charge >= 0.3 is 12.1 Å². The van der Waals surface area contributed by atoms with Crippen molar-refractivity contribution < 1.29 is 32.3 Å². The maximum Gasteiger partial charge on any atom is 0.408 e. The van der Waals surface area contributed by atoms with Crippen molar-refractivity contribution in [2.75, 3.05) is 0 Å². The number of amides is 2. The van der Waals surface area contributed by atoms with Gasteiger partial charge in [0.2, 0.25) is 5.91 Å². The molecule has 0 radical (unpaired) electrons. The molecule has 0 saturated carbocycles. The lowest BCUT2D eigenvalue weighted by Crippen LogP contribution is -2.52. The van der Waals surface area contributed by atoms with Crippen LogP contribution in [-0.4, -0.2) is 48.2 Å². The van der Waals surface area contributed by atoms with E-state index in [0.717, 1.165) is 5.56 Å². The van der Waals surface area contributed by atoms with Crippen molar-refractivity contribution in [1.29, 1.82) is 0 Å². The normalized spacial score (nSPS) is 13.5. The van der Waals surface area contributed by atoms with Crippen molar-refractivity contribution in [1.82, 2.24) is 14.6 Å². The van der Waals surface area contributed by atoms with E-state index in [1.165, 1.54) is 17.1 Å². The van der Waals surface area contributed by atoms with Crippen LogP contribution < -0.4 is 10.6 Å². The third-order valence-electron chi connectivity index (χ3n) is 6.07. The molecule has 41 heavy (non-hydrogen) atoms. The van der Waals surface area contributed by atoms with Crippen LogP contribution in [0.3, 0.4) is 0 Å². The lowest BCUT2D eigenvalue weighted by molar-refractivity contribution is -0.149. The Morgan fingerprint density at radius 1 is 0.976 bits per heavy atom. The van der Waals surface area contributed by atoms with Gasteiger partial charge in [-0.3, -0.25) is 9.59 Å².